The van der Waals surface area contributed by atoms with Crippen LogP contribution in [0.15, 0.2) is 30.3 Å². The van der Waals surface area contributed by atoms with Crippen LogP contribution in [0, 0.1) is 0 Å². The summed E-state index contributed by atoms with van der Waals surface area (Å²) in [6, 6.07) is 8.63. The van der Waals surface area contributed by atoms with Gasteiger partial charge in [0.2, 0.25) is 5.91 Å². The summed E-state index contributed by atoms with van der Waals surface area (Å²) >= 11 is 1.49. The molecule has 7 heteroatoms. The minimum atomic E-state index is -0.451. The smallest absolute Gasteiger partial charge is 0.348 e. The molecule has 1 aromatic heterocycles. The van der Waals surface area contributed by atoms with Crippen LogP contribution in [0.25, 0.3) is 0 Å². The van der Waals surface area contributed by atoms with Crippen LogP contribution in [0.4, 0.5) is 11.4 Å². The number of thiophene rings is 1. The largest absolute Gasteiger partial charge is 0.451 e. The number of benzene rings is 1. The van der Waals surface area contributed by atoms with E-state index in [1.807, 2.05) is 6.07 Å². The fourth-order valence-electron chi connectivity index (χ4n) is 3.18. The van der Waals surface area contributed by atoms with Gasteiger partial charge >= 0.3 is 5.97 Å². The fraction of sp³-hybridized carbons (Fsp3) is 0.381. The SMILES string of the molecule is CC(=O)Nc1ccc(NC(=O)COC(=O)c2cc3c(s2)CCCCCC3)cc1. The molecule has 28 heavy (non-hydrogen) atoms. The van der Waals surface area contributed by atoms with Gasteiger partial charge in [-0.05, 0) is 61.6 Å². The molecule has 0 radical (unpaired) electrons. The molecule has 0 saturated heterocycles. The highest BCUT2D eigenvalue weighted by Gasteiger charge is 2.18. The molecule has 2 amide bonds. The lowest BCUT2D eigenvalue weighted by molar-refractivity contribution is -0.119. The number of esters is 1. The number of nitrogens with one attached hydrogen (secondary N) is 2. The zero-order chi connectivity index (χ0) is 19.9. The van der Waals surface area contributed by atoms with Crippen LogP contribution in [0.2, 0.25) is 0 Å². The van der Waals surface area contributed by atoms with Crippen molar-refractivity contribution in [1.29, 1.82) is 0 Å². The van der Waals surface area contributed by atoms with Crippen molar-refractivity contribution in [3.05, 3.63) is 45.6 Å². The topological polar surface area (TPSA) is 84.5 Å². The Kier molecular flexibility index (Phi) is 6.81. The molecular formula is C21H24N2O4S. The second-order valence-electron chi connectivity index (χ2n) is 6.86. The van der Waals surface area contributed by atoms with Gasteiger partial charge in [-0.1, -0.05) is 12.8 Å². The monoisotopic (exact) mass is 400 g/mol. The van der Waals surface area contributed by atoms with E-state index in [0.29, 0.717) is 16.3 Å². The van der Waals surface area contributed by atoms with Gasteiger partial charge in [0, 0.05) is 23.2 Å². The molecule has 0 saturated carbocycles. The van der Waals surface area contributed by atoms with Gasteiger partial charge in [-0.2, -0.15) is 0 Å². The summed E-state index contributed by atoms with van der Waals surface area (Å²) in [6.45, 7) is 1.09. The lowest BCUT2D eigenvalue weighted by Crippen LogP contribution is -2.20. The maximum Gasteiger partial charge on any atom is 0.348 e. The maximum absolute atomic E-state index is 12.3. The first-order valence-corrected chi connectivity index (χ1v) is 10.3. The lowest BCUT2D eigenvalue weighted by atomic mass is 10.00. The van der Waals surface area contributed by atoms with E-state index < -0.39 is 11.9 Å². The Labute approximate surface area is 168 Å². The van der Waals surface area contributed by atoms with E-state index in [1.54, 1.807) is 24.3 Å². The van der Waals surface area contributed by atoms with Gasteiger partial charge in [0.1, 0.15) is 4.88 Å². The van der Waals surface area contributed by atoms with Crippen molar-refractivity contribution in [1.82, 2.24) is 0 Å². The molecular weight excluding hydrogens is 376 g/mol. The second-order valence-corrected chi connectivity index (χ2v) is 7.99. The fourth-order valence-corrected chi connectivity index (χ4v) is 4.33. The number of hydrogen-bond acceptors (Lipinski definition) is 5. The average Bonchev–Trinajstić information content (AvgIpc) is 3.03. The highest BCUT2D eigenvalue weighted by atomic mass is 32.1. The third kappa shape index (κ3) is 5.66. The number of hydrogen-bond donors (Lipinski definition) is 2. The van der Waals surface area contributed by atoms with Crippen LogP contribution in [-0.2, 0) is 27.2 Å². The van der Waals surface area contributed by atoms with E-state index >= 15 is 0 Å². The maximum atomic E-state index is 12.3. The molecule has 2 N–H and O–H groups in total. The number of carbonyl (C=O) groups excluding carboxylic acids is 3. The van der Waals surface area contributed by atoms with Crippen molar-refractivity contribution >= 4 is 40.5 Å². The van der Waals surface area contributed by atoms with Crippen LogP contribution < -0.4 is 10.6 Å². The summed E-state index contributed by atoms with van der Waals surface area (Å²) in [5.41, 5.74) is 2.46. The second kappa shape index (κ2) is 9.50. The third-order valence-corrected chi connectivity index (χ3v) is 5.74. The molecule has 3 rings (SSSR count). The number of amides is 2. The summed E-state index contributed by atoms with van der Waals surface area (Å²) in [6.07, 6.45) is 6.81. The van der Waals surface area contributed by atoms with Crippen molar-refractivity contribution in [3.63, 3.8) is 0 Å². The number of aryl methyl sites for hydroxylation is 2. The molecule has 0 bridgehead atoms. The molecule has 0 aliphatic heterocycles. The molecule has 6 nitrogen and oxygen atoms in total. The predicted molar refractivity (Wildman–Crippen MR) is 110 cm³/mol. The zero-order valence-corrected chi connectivity index (χ0v) is 16.7. The molecule has 1 heterocycles. The standard InChI is InChI=1S/C21H24N2O4S/c1-14(24)22-16-8-10-17(11-9-16)23-20(25)13-27-21(26)19-12-15-6-4-2-3-5-7-18(15)28-19/h8-12H,2-7,13H2,1H3,(H,22,24)(H,23,25). The van der Waals surface area contributed by atoms with Gasteiger partial charge < -0.3 is 15.4 Å². The van der Waals surface area contributed by atoms with Crippen molar-refractivity contribution in [3.8, 4) is 0 Å². The lowest BCUT2D eigenvalue weighted by Gasteiger charge is -2.07. The van der Waals surface area contributed by atoms with Gasteiger partial charge in [0.25, 0.3) is 5.91 Å². The van der Waals surface area contributed by atoms with Crippen LogP contribution >= 0.6 is 11.3 Å². The third-order valence-electron chi connectivity index (χ3n) is 4.52. The quantitative estimate of drug-likeness (QED) is 0.738. The highest BCUT2D eigenvalue weighted by molar-refractivity contribution is 7.14. The van der Waals surface area contributed by atoms with Gasteiger partial charge in [-0.3, -0.25) is 9.59 Å². The first-order valence-electron chi connectivity index (χ1n) is 9.47. The molecule has 0 fully saturated rings. The molecule has 148 valence electrons. The Morgan fingerprint density at radius 3 is 2.29 bits per heavy atom. The van der Waals surface area contributed by atoms with Crippen molar-refractivity contribution < 1.29 is 19.1 Å². The van der Waals surface area contributed by atoms with Crippen LogP contribution in [0.5, 0.6) is 0 Å². The Balaban J connectivity index is 1.51. The predicted octanol–water partition coefficient (Wildman–Crippen LogP) is 4.16. The molecule has 1 aromatic carbocycles. The minimum Gasteiger partial charge on any atom is -0.451 e. The summed E-state index contributed by atoms with van der Waals surface area (Å²) < 4.78 is 5.18. The van der Waals surface area contributed by atoms with Gasteiger partial charge in [0.15, 0.2) is 6.61 Å². The van der Waals surface area contributed by atoms with E-state index in [-0.39, 0.29) is 12.5 Å². The van der Waals surface area contributed by atoms with Crippen LogP contribution in [0.3, 0.4) is 0 Å². The number of ether oxygens (including phenoxy) is 1. The molecule has 0 unspecified atom stereocenters. The first-order chi connectivity index (χ1) is 13.5. The van der Waals surface area contributed by atoms with E-state index in [1.165, 1.54) is 41.5 Å². The summed E-state index contributed by atoms with van der Waals surface area (Å²) in [5.74, 6) is -1.02. The Bertz CT molecular complexity index is 832. The first kappa shape index (κ1) is 20.1. The van der Waals surface area contributed by atoms with Crippen LogP contribution in [-0.4, -0.2) is 24.4 Å². The number of rotatable bonds is 5. The van der Waals surface area contributed by atoms with E-state index in [0.717, 1.165) is 25.7 Å². The van der Waals surface area contributed by atoms with E-state index in [2.05, 4.69) is 10.6 Å². The van der Waals surface area contributed by atoms with Crippen molar-refractivity contribution in [2.45, 2.75) is 45.4 Å². The number of carbonyl (C=O) groups is 3. The van der Waals surface area contributed by atoms with Crippen molar-refractivity contribution in [2.24, 2.45) is 0 Å². The Hall–Kier alpha value is -2.67. The van der Waals surface area contributed by atoms with Gasteiger partial charge in [-0.25, -0.2) is 4.79 Å². The number of fused-ring (bicyclic) bond motifs is 1. The molecule has 0 spiro atoms. The molecule has 2 aromatic rings. The normalized spacial score (nSPS) is 13.6. The zero-order valence-electron chi connectivity index (χ0n) is 15.9. The summed E-state index contributed by atoms with van der Waals surface area (Å²) in [5, 5.41) is 5.32. The molecule has 1 aliphatic carbocycles. The summed E-state index contributed by atoms with van der Waals surface area (Å²) in [7, 11) is 0. The van der Waals surface area contributed by atoms with E-state index in [4.69, 9.17) is 4.74 Å². The summed E-state index contributed by atoms with van der Waals surface area (Å²) in [4.78, 5) is 37.2. The molecule has 0 atom stereocenters. The van der Waals surface area contributed by atoms with Gasteiger partial charge in [-0.15, -0.1) is 11.3 Å². The average molecular weight is 401 g/mol. The minimum absolute atomic E-state index is 0.162. The van der Waals surface area contributed by atoms with Crippen molar-refractivity contribution in [2.75, 3.05) is 17.2 Å². The van der Waals surface area contributed by atoms with Crippen LogP contribution in [0.1, 0.15) is 52.7 Å². The molecule has 1 aliphatic rings. The Morgan fingerprint density at radius 2 is 1.61 bits per heavy atom. The Morgan fingerprint density at radius 1 is 0.964 bits per heavy atom. The highest BCUT2D eigenvalue weighted by Crippen LogP contribution is 2.29. The van der Waals surface area contributed by atoms with Gasteiger partial charge in [0.05, 0.1) is 0 Å². The van der Waals surface area contributed by atoms with E-state index in [9.17, 15) is 14.4 Å². The number of anilines is 2.